The first-order valence-corrected chi connectivity index (χ1v) is 6.01. The zero-order chi connectivity index (χ0) is 14.8. The maximum absolute atomic E-state index is 12.6. The molecule has 0 aromatic carbocycles. The van der Waals surface area contributed by atoms with Crippen molar-refractivity contribution in [1.29, 1.82) is 0 Å². The van der Waals surface area contributed by atoms with Crippen LogP contribution >= 0.6 is 0 Å². The predicted molar refractivity (Wildman–Crippen MR) is 60.6 cm³/mol. The largest absolute Gasteiger partial charge is 0.480 e. The highest BCUT2D eigenvalue weighted by Gasteiger charge is 2.64. The Morgan fingerprint density at radius 1 is 1.37 bits per heavy atom. The fourth-order valence-corrected chi connectivity index (χ4v) is 1.68. The van der Waals surface area contributed by atoms with Gasteiger partial charge in [0.1, 0.15) is 11.6 Å². The Morgan fingerprint density at radius 3 is 2.21 bits per heavy atom. The Bertz CT molecular complexity index is 367. The van der Waals surface area contributed by atoms with Crippen molar-refractivity contribution in [3.8, 4) is 0 Å². The SMILES string of the molecule is CC[C@H](C)[C@H](NC(=O)NC1(C(F)(F)F)CC1)C(=O)O. The van der Waals surface area contributed by atoms with Crippen molar-refractivity contribution in [1.82, 2.24) is 10.6 Å². The smallest absolute Gasteiger partial charge is 0.411 e. The second-order valence-corrected chi connectivity index (χ2v) is 4.88. The monoisotopic (exact) mass is 282 g/mol. The normalized spacial score (nSPS) is 20.3. The van der Waals surface area contributed by atoms with E-state index in [9.17, 15) is 22.8 Å². The van der Waals surface area contributed by atoms with Gasteiger partial charge >= 0.3 is 18.2 Å². The number of hydrogen-bond acceptors (Lipinski definition) is 2. The van der Waals surface area contributed by atoms with Gasteiger partial charge in [-0.3, -0.25) is 0 Å². The highest BCUT2D eigenvalue weighted by molar-refractivity contribution is 5.83. The summed E-state index contributed by atoms with van der Waals surface area (Å²) < 4.78 is 37.9. The number of amides is 2. The lowest BCUT2D eigenvalue weighted by Gasteiger charge is -2.24. The van der Waals surface area contributed by atoms with E-state index in [1.807, 2.05) is 5.32 Å². The van der Waals surface area contributed by atoms with Gasteiger partial charge < -0.3 is 15.7 Å². The van der Waals surface area contributed by atoms with E-state index in [0.29, 0.717) is 6.42 Å². The van der Waals surface area contributed by atoms with E-state index < -0.39 is 29.8 Å². The maximum atomic E-state index is 12.6. The minimum absolute atomic E-state index is 0.176. The van der Waals surface area contributed by atoms with Gasteiger partial charge in [0.25, 0.3) is 0 Å². The van der Waals surface area contributed by atoms with Crippen LogP contribution in [0.15, 0.2) is 0 Å². The van der Waals surface area contributed by atoms with Crippen LogP contribution in [-0.4, -0.2) is 34.9 Å². The van der Waals surface area contributed by atoms with Crippen LogP contribution in [0.3, 0.4) is 0 Å². The van der Waals surface area contributed by atoms with E-state index in [1.165, 1.54) is 0 Å². The van der Waals surface area contributed by atoms with Crippen LogP contribution < -0.4 is 10.6 Å². The van der Waals surface area contributed by atoms with Gasteiger partial charge in [0.2, 0.25) is 0 Å². The molecule has 19 heavy (non-hydrogen) atoms. The Kier molecular flexibility index (Phi) is 4.32. The molecular formula is C11H17F3N2O3. The van der Waals surface area contributed by atoms with Crippen LogP contribution in [0.1, 0.15) is 33.1 Å². The molecule has 0 aliphatic heterocycles. The molecule has 0 aromatic heterocycles. The summed E-state index contributed by atoms with van der Waals surface area (Å²) in [6, 6.07) is -2.29. The molecule has 0 aromatic rings. The number of carboxylic acids is 1. The molecule has 0 bridgehead atoms. The van der Waals surface area contributed by atoms with E-state index in [4.69, 9.17) is 5.11 Å². The highest BCUT2D eigenvalue weighted by atomic mass is 19.4. The first-order valence-electron chi connectivity index (χ1n) is 6.01. The van der Waals surface area contributed by atoms with E-state index in [1.54, 1.807) is 13.8 Å². The molecule has 8 heteroatoms. The third kappa shape index (κ3) is 3.51. The summed E-state index contributed by atoms with van der Waals surface area (Å²) in [6.45, 7) is 3.34. The van der Waals surface area contributed by atoms with Crippen LogP contribution in [0.25, 0.3) is 0 Å². The molecule has 1 saturated carbocycles. The first-order chi connectivity index (χ1) is 8.63. The van der Waals surface area contributed by atoms with Crippen molar-refractivity contribution in [2.24, 2.45) is 5.92 Å². The second-order valence-electron chi connectivity index (χ2n) is 4.88. The lowest BCUT2D eigenvalue weighted by molar-refractivity contribution is -0.162. The lowest BCUT2D eigenvalue weighted by atomic mass is 9.99. The Morgan fingerprint density at radius 2 is 1.89 bits per heavy atom. The molecule has 5 nitrogen and oxygen atoms in total. The number of urea groups is 1. The average Bonchev–Trinajstić information content (AvgIpc) is 3.04. The number of aliphatic carboxylic acids is 1. The lowest BCUT2D eigenvalue weighted by Crippen LogP contribution is -2.55. The van der Waals surface area contributed by atoms with Crippen molar-refractivity contribution in [3.63, 3.8) is 0 Å². The van der Waals surface area contributed by atoms with Crippen molar-refractivity contribution >= 4 is 12.0 Å². The summed E-state index contributed by atoms with van der Waals surface area (Å²) >= 11 is 0. The third-order valence-electron chi connectivity index (χ3n) is 3.41. The molecule has 1 fully saturated rings. The minimum atomic E-state index is -4.51. The molecule has 2 amide bonds. The van der Waals surface area contributed by atoms with Crippen molar-refractivity contribution < 1.29 is 27.9 Å². The molecule has 3 N–H and O–H groups in total. The molecule has 1 rings (SSSR count). The summed E-state index contributed by atoms with van der Waals surface area (Å²) in [4.78, 5) is 22.4. The molecule has 0 radical (unpaired) electrons. The van der Waals surface area contributed by atoms with Crippen LogP contribution in [-0.2, 0) is 4.79 Å². The number of hydrogen-bond donors (Lipinski definition) is 3. The van der Waals surface area contributed by atoms with Crippen LogP contribution in [0, 0.1) is 5.92 Å². The molecule has 0 spiro atoms. The van der Waals surface area contributed by atoms with E-state index in [0.717, 1.165) is 0 Å². The molecule has 0 saturated heterocycles. The van der Waals surface area contributed by atoms with Crippen LogP contribution in [0.5, 0.6) is 0 Å². The van der Waals surface area contributed by atoms with Gasteiger partial charge in [0.05, 0.1) is 0 Å². The van der Waals surface area contributed by atoms with Crippen molar-refractivity contribution in [3.05, 3.63) is 0 Å². The van der Waals surface area contributed by atoms with E-state index in [2.05, 4.69) is 5.32 Å². The second kappa shape index (κ2) is 5.26. The fraction of sp³-hybridized carbons (Fsp3) is 0.818. The number of alkyl halides is 3. The first kappa shape index (κ1) is 15.6. The number of carbonyl (C=O) groups excluding carboxylic acids is 1. The molecule has 1 aliphatic carbocycles. The van der Waals surface area contributed by atoms with Gasteiger partial charge in [-0.2, -0.15) is 13.2 Å². The predicted octanol–water partition coefficient (Wildman–Crippen LogP) is 1.88. The minimum Gasteiger partial charge on any atom is -0.480 e. The summed E-state index contributed by atoms with van der Waals surface area (Å²) in [5.41, 5.74) is -2.18. The van der Waals surface area contributed by atoms with Gasteiger partial charge in [-0.25, -0.2) is 9.59 Å². The molecule has 1 aliphatic rings. The number of carbonyl (C=O) groups is 2. The molecule has 110 valence electrons. The summed E-state index contributed by atoms with van der Waals surface area (Å²) in [5.74, 6) is -1.63. The Balaban J connectivity index is 2.62. The number of halogens is 3. The average molecular weight is 282 g/mol. The zero-order valence-electron chi connectivity index (χ0n) is 10.7. The van der Waals surface area contributed by atoms with E-state index in [-0.39, 0.29) is 18.8 Å². The molecular weight excluding hydrogens is 265 g/mol. The van der Waals surface area contributed by atoms with Crippen LogP contribution in [0.4, 0.5) is 18.0 Å². The van der Waals surface area contributed by atoms with Gasteiger partial charge in [-0.1, -0.05) is 20.3 Å². The van der Waals surface area contributed by atoms with Crippen molar-refractivity contribution in [2.75, 3.05) is 0 Å². The summed E-state index contributed by atoms with van der Waals surface area (Å²) in [5, 5.41) is 12.9. The molecule has 0 heterocycles. The van der Waals surface area contributed by atoms with Gasteiger partial charge in [-0.15, -0.1) is 0 Å². The summed E-state index contributed by atoms with van der Waals surface area (Å²) in [6.07, 6.45) is -4.38. The third-order valence-corrected chi connectivity index (χ3v) is 3.41. The summed E-state index contributed by atoms with van der Waals surface area (Å²) in [7, 11) is 0. The number of carboxylic acid groups (broad SMARTS) is 1. The van der Waals surface area contributed by atoms with Crippen molar-refractivity contribution in [2.45, 2.75) is 50.9 Å². The van der Waals surface area contributed by atoms with Crippen LogP contribution in [0.2, 0.25) is 0 Å². The maximum Gasteiger partial charge on any atom is 0.411 e. The fourth-order valence-electron chi connectivity index (χ4n) is 1.68. The quantitative estimate of drug-likeness (QED) is 0.720. The number of rotatable bonds is 5. The standard InChI is InChI=1S/C11H17F3N2O3/c1-3-6(2)7(8(17)18)15-9(19)16-10(4-5-10)11(12,13)14/h6-7H,3-5H2,1-2H3,(H,17,18)(H2,15,16,19)/t6-,7-/m0/s1. The van der Waals surface area contributed by atoms with E-state index >= 15 is 0 Å². The van der Waals surface area contributed by atoms with Gasteiger partial charge in [-0.05, 0) is 18.8 Å². The number of nitrogens with one attached hydrogen (secondary N) is 2. The van der Waals surface area contributed by atoms with Gasteiger partial charge in [0.15, 0.2) is 0 Å². The Labute approximate surface area is 108 Å². The molecule has 2 atom stereocenters. The molecule has 0 unspecified atom stereocenters. The highest BCUT2D eigenvalue weighted by Crippen LogP contribution is 2.48. The Hall–Kier alpha value is -1.47. The van der Waals surface area contributed by atoms with Gasteiger partial charge in [0, 0.05) is 0 Å². The topological polar surface area (TPSA) is 78.4 Å². The zero-order valence-corrected chi connectivity index (χ0v) is 10.7.